The van der Waals surface area contributed by atoms with Crippen LogP contribution in [0.25, 0.3) is 0 Å². The highest BCUT2D eigenvalue weighted by molar-refractivity contribution is 7.99. The second-order valence-electron chi connectivity index (χ2n) is 8.99. The van der Waals surface area contributed by atoms with Crippen molar-refractivity contribution in [2.75, 3.05) is 42.7 Å². The maximum atomic E-state index is 13.1. The molecule has 1 aliphatic heterocycles. The van der Waals surface area contributed by atoms with Gasteiger partial charge in [-0.15, -0.1) is 0 Å². The third kappa shape index (κ3) is 6.72. The monoisotopic (exact) mass is 539 g/mol. The van der Waals surface area contributed by atoms with Crippen LogP contribution >= 0.6 is 23.4 Å². The molecule has 2 amide bonds. The number of methoxy groups -OCH3 is 1. The van der Waals surface area contributed by atoms with Crippen LogP contribution in [-0.2, 0) is 4.79 Å². The number of nitrogens with zero attached hydrogens (tertiary/aromatic N) is 4. The number of benzene rings is 2. The van der Waals surface area contributed by atoms with Gasteiger partial charge in [0.15, 0.2) is 5.16 Å². The van der Waals surface area contributed by atoms with Gasteiger partial charge in [0.05, 0.1) is 12.9 Å². The molecule has 1 aliphatic rings. The molecule has 0 spiro atoms. The normalized spacial score (nSPS) is 15.4. The van der Waals surface area contributed by atoms with Gasteiger partial charge >= 0.3 is 0 Å². The van der Waals surface area contributed by atoms with Crippen molar-refractivity contribution in [1.82, 2.24) is 14.9 Å². The second kappa shape index (κ2) is 11.8. The van der Waals surface area contributed by atoms with Gasteiger partial charge in [-0.25, -0.2) is 9.97 Å². The molecule has 194 valence electrons. The first kappa shape index (κ1) is 26.8. The molecule has 1 unspecified atom stereocenters. The van der Waals surface area contributed by atoms with Crippen molar-refractivity contribution in [3.63, 3.8) is 0 Å². The second-order valence-corrected chi connectivity index (χ2v) is 10.3. The van der Waals surface area contributed by atoms with Crippen LogP contribution in [0.15, 0.2) is 53.7 Å². The molecule has 1 fully saturated rings. The maximum absolute atomic E-state index is 13.1. The molecule has 1 saturated heterocycles. The number of anilines is 2. The maximum Gasteiger partial charge on any atom is 0.254 e. The number of rotatable bonds is 7. The van der Waals surface area contributed by atoms with Crippen LogP contribution in [0.1, 0.15) is 28.4 Å². The van der Waals surface area contributed by atoms with E-state index in [1.165, 1.54) is 17.3 Å². The van der Waals surface area contributed by atoms with Gasteiger partial charge in [0.2, 0.25) is 5.91 Å². The van der Waals surface area contributed by atoms with E-state index in [2.05, 4.69) is 20.2 Å². The smallest absolute Gasteiger partial charge is 0.254 e. The summed E-state index contributed by atoms with van der Waals surface area (Å²) in [5.41, 5.74) is 3.68. The lowest BCUT2D eigenvalue weighted by Gasteiger charge is -2.40. The molecule has 0 bridgehead atoms. The van der Waals surface area contributed by atoms with Crippen molar-refractivity contribution in [3.8, 4) is 5.75 Å². The Morgan fingerprint density at radius 3 is 2.51 bits per heavy atom. The number of ether oxygens (including phenoxy) is 1. The van der Waals surface area contributed by atoms with Gasteiger partial charge in [-0.1, -0.05) is 29.4 Å². The fourth-order valence-electron chi connectivity index (χ4n) is 4.13. The fourth-order valence-corrected chi connectivity index (χ4v) is 5.01. The van der Waals surface area contributed by atoms with Gasteiger partial charge in [0.1, 0.15) is 16.7 Å². The average molecular weight is 540 g/mol. The van der Waals surface area contributed by atoms with E-state index in [1.807, 2.05) is 43.9 Å². The first-order chi connectivity index (χ1) is 17.7. The number of carbonyl (C=O) groups is 2. The number of nitrogens with one attached hydrogen (secondary N) is 1. The molecular formula is C27H30ClN5O3S. The minimum Gasteiger partial charge on any atom is -0.497 e. The number of carbonyl (C=O) groups excluding carboxylic acids is 2. The number of hydrogen-bond donors (Lipinski definition) is 1. The molecule has 1 atom stereocenters. The van der Waals surface area contributed by atoms with Crippen LogP contribution in [0.3, 0.4) is 0 Å². The quantitative estimate of drug-likeness (QED) is 0.261. The van der Waals surface area contributed by atoms with Gasteiger partial charge < -0.3 is 19.9 Å². The molecule has 2 heterocycles. The lowest BCUT2D eigenvalue weighted by molar-refractivity contribution is -0.113. The standard InChI is InChI=1S/C27H30ClN5O3S/c1-17-5-8-21(13-18(17)2)29-25(34)16-37-27-30-23(28)14-24(31-27)32-11-12-33(19(3)15-32)26(35)20-6-9-22(36-4)10-7-20/h5-10,13-14,19H,11-12,15-16H2,1-4H3,(H,29,34). The van der Waals surface area contributed by atoms with Gasteiger partial charge in [-0.05, 0) is 68.3 Å². The Bertz CT molecular complexity index is 1290. The lowest BCUT2D eigenvalue weighted by Crippen LogP contribution is -2.54. The minimum atomic E-state index is -0.141. The van der Waals surface area contributed by atoms with Crippen LogP contribution < -0.4 is 15.0 Å². The molecule has 1 N–H and O–H groups in total. The van der Waals surface area contributed by atoms with Crippen molar-refractivity contribution >= 4 is 46.7 Å². The van der Waals surface area contributed by atoms with Crippen molar-refractivity contribution in [1.29, 1.82) is 0 Å². The first-order valence-electron chi connectivity index (χ1n) is 12.0. The SMILES string of the molecule is COc1ccc(C(=O)N2CCN(c3cc(Cl)nc(SCC(=O)Nc4ccc(C)c(C)c4)n3)CC2C)cc1. The van der Waals surface area contributed by atoms with E-state index < -0.39 is 0 Å². The zero-order valence-corrected chi connectivity index (χ0v) is 22.9. The fraction of sp³-hybridized carbons (Fsp3) is 0.333. The Hall–Kier alpha value is -3.30. The summed E-state index contributed by atoms with van der Waals surface area (Å²) < 4.78 is 5.18. The summed E-state index contributed by atoms with van der Waals surface area (Å²) in [6.07, 6.45) is 0. The summed E-state index contributed by atoms with van der Waals surface area (Å²) in [7, 11) is 1.60. The van der Waals surface area contributed by atoms with Crippen LogP contribution in [0.4, 0.5) is 11.5 Å². The van der Waals surface area contributed by atoms with Crippen molar-refractivity contribution in [3.05, 3.63) is 70.4 Å². The number of hydrogen-bond acceptors (Lipinski definition) is 7. The van der Waals surface area contributed by atoms with E-state index in [1.54, 1.807) is 37.4 Å². The molecule has 0 aliphatic carbocycles. The predicted molar refractivity (Wildman–Crippen MR) is 148 cm³/mol. The lowest BCUT2D eigenvalue weighted by atomic mass is 10.1. The highest BCUT2D eigenvalue weighted by atomic mass is 35.5. The van der Waals surface area contributed by atoms with Crippen LogP contribution in [0.2, 0.25) is 5.15 Å². The number of halogens is 1. The van der Waals surface area contributed by atoms with E-state index >= 15 is 0 Å². The van der Waals surface area contributed by atoms with Gasteiger partial charge in [0.25, 0.3) is 5.91 Å². The number of aryl methyl sites for hydroxylation is 2. The van der Waals surface area contributed by atoms with Crippen LogP contribution in [-0.4, -0.2) is 65.2 Å². The Morgan fingerprint density at radius 1 is 1.08 bits per heavy atom. The Labute approximate surface area is 226 Å². The van der Waals surface area contributed by atoms with Crippen molar-refractivity contribution in [2.24, 2.45) is 0 Å². The summed E-state index contributed by atoms with van der Waals surface area (Å²) in [6, 6.07) is 14.7. The molecule has 2 aromatic carbocycles. The Kier molecular flexibility index (Phi) is 8.56. The van der Waals surface area contributed by atoms with E-state index in [0.29, 0.717) is 47.1 Å². The van der Waals surface area contributed by atoms with E-state index in [9.17, 15) is 9.59 Å². The largest absolute Gasteiger partial charge is 0.497 e. The first-order valence-corrected chi connectivity index (χ1v) is 13.3. The third-order valence-corrected chi connectivity index (χ3v) is 7.37. The molecule has 8 nitrogen and oxygen atoms in total. The molecule has 37 heavy (non-hydrogen) atoms. The van der Waals surface area contributed by atoms with Gasteiger partial charge in [0, 0.05) is 43.0 Å². The Balaban J connectivity index is 1.36. The summed E-state index contributed by atoms with van der Waals surface area (Å²) >= 11 is 7.53. The number of thioether (sulfide) groups is 1. The molecular weight excluding hydrogens is 510 g/mol. The van der Waals surface area contributed by atoms with E-state index in [4.69, 9.17) is 16.3 Å². The molecule has 4 rings (SSSR count). The Morgan fingerprint density at radius 2 is 1.84 bits per heavy atom. The van der Waals surface area contributed by atoms with E-state index in [-0.39, 0.29) is 23.6 Å². The van der Waals surface area contributed by atoms with Crippen molar-refractivity contribution < 1.29 is 14.3 Å². The summed E-state index contributed by atoms with van der Waals surface area (Å²) in [6.45, 7) is 7.82. The number of aromatic nitrogens is 2. The zero-order valence-electron chi connectivity index (χ0n) is 21.3. The summed E-state index contributed by atoms with van der Waals surface area (Å²) in [4.78, 5) is 38.4. The summed E-state index contributed by atoms with van der Waals surface area (Å²) in [5.74, 6) is 1.40. The van der Waals surface area contributed by atoms with Gasteiger partial charge in [-0.2, -0.15) is 0 Å². The number of piperazine rings is 1. The van der Waals surface area contributed by atoms with Crippen molar-refractivity contribution in [2.45, 2.75) is 32.0 Å². The topological polar surface area (TPSA) is 87.7 Å². The summed E-state index contributed by atoms with van der Waals surface area (Å²) in [5, 5.41) is 3.65. The highest BCUT2D eigenvalue weighted by Crippen LogP contribution is 2.25. The van der Waals surface area contributed by atoms with Crippen LogP contribution in [0, 0.1) is 13.8 Å². The molecule has 0 radical (unpaired) electrons. The molecule has 10 heteroatoms. The minimum absolute atomic E-state index is 0.0125. The molecule has 0 saturated carbocycles. The van der Waals surface area contributed by atoms with Crippen LogP contribution in [0.5, 0.6) is 5.75 Å². The third-order valence-electron chi connectivity index (χ3n) is 6.33. The zero-order chi connectivity index (χ0) is 26.5. The molecule has 3 aromatic rings. The molecule has 1 aromatic heterocycles. The highest BCUT2D eigenvalue weighted by Gasteiger charge is 2.29. The van der Waals surface area contributed by atoms with E-state index in [0.717, 1.165) is 11.3 Å². The average Bonchev–Trinajstić information content (AvgIpc) is 2.89. The number of amides is 2. The predicted octanol–water partition coefficient (Wildman–Crippen LogP) is 4.84. The van der Waals surface area contributed by atoms with Gasteiger partial charge in [-0.3, -0.25) is 9.59 Å².